The molecule has 0 spiro atoms. The number of nitrogens with one attached hydrogen (secondary N) is 2. The molecule has 18 heteroatoms. The molecule has 18 nitrogen and oxygen atoms in total. The molecule has 0 aromatic heterocycles. The van der Waals surface area contributed by atoms with E-state index in [1.165, 1.54) is 18.2 Å². The van der Waals surface area contributed by atoms with Crippen LogP contribution in [-0.4, -0.2) is 92.5 Å². The lowest BCUT2D eigenvalue weighted by Crippen LogP contribution is -2.63. The van der Waals surface area contributed by atoms with Crippen molar-refractivity contribution >= 4 is 47.7 Å². The molecule has 4 aromatic rings. The van der Waals surface area contributed by atoms with Crippen molar-refractivity contribution in [3.05, 3.63) is 113 Å². The number of carbonyl (C=O) groups is 7. The Balaban J connectivity index is 1.18. The average molecular weight is 897 g/mol. The van der Waals surface area contributed by atoms with Crippen LogP contribution in [0.5, 0.6) is 11.5 Å². The summed E-state index contributed by atoms with van der Waals surface area (Å²) in [5.74, 6) is -3.83. The summed E-state index contributed by atoms with van der Waals surface area (Å²) < 4.78 is 50.1. The normalized spacial score (nSPS) is 18.4. The van der Waals surface area contributed by atoms with Crippen LogP contribution in [0.3, 0.4) is 0 Å². The molecular formula is C47H48N2O16. The van der Waals surface area contributed by atoms with Crippen LogP contribution in [0.4, 0.5) is 15.3 Å². The first-order valence-electron chi connectivity index (χ1n) is 20.5. The van der Waals surface area contributed by atoms with E-state index in [1.807, 2.05) is 55.5 Å². The number of benzene rings is 4. The van der Waals surface area contributed by atoms with Crippen LogP contribution >= 0.6 is 0 Å². The maximum atomic E-state index is 13.5. The molecule has 65 heavy (non-hydrogen) atoms. The third kappa shape index (κ3) is 12.8. The van der Waals surface area contributed by atoms with Crippen molar-refractivity contribution in [2.24, 2.45) is 0 Å². The van der Waals surface area contributed by atoms with Gasteiger partial charge in [0.2, 0.25) is 18.3 Å². The predicted octanol–water partition coefficient (Wildman–Crippen LogP) is 6.04. The number of rotatable bonds is 16. The molecule has 1 heterocycles. The number of carbonyl (C=O) groups excluding carboxylic acids is 7. The lowest BCUT2D eigenvalue weighted by Gasteiger charge is -2.44. The van der Waals surface area contributed by atoms with Gasteiger partial charge in [0.15, 0.2) is 12.2 Å². The van der Waals surface area contributed by atoms with E-state index in [1.54, 1.807) is 24.3 Å². The van der Waals surface area contributed by atoms with Gasteiger partial charge in [-0.05, 0) is 59.0 Å². The van der Waals surface area contributed by atoms with Gasteiger partial charge in [0.05, 0.1) is 5.69 Å². The number of aryl methyl sites for hydroxylation is 1. The molecule has 0 bridgehead atoms. The fraction of sp³-hybridized carbons (Fsp3) is 0.340. The smallest absolute Gasteiger partial charge is 0.463 e. The first-order chi connectivity index (χ1) is 31.1. The van der Waals surface area contributed by atoms with Gasteiger partial charge in [0, 0.05) is 46.6 Å². The van der Waals surface area contributed by atoms with E-state index in [-0.39, 0.29) is 49.3 Å². The standard InChI is InChI=1S/C47H48N2O16/c1-26-14-17-32(18-15-26)63-47(56)59-23-31-16-19-39(64-45-44(62-30(5)53)43(61-29(4)52)42(60-28(3)51)40(65-45)25-57-27(2)50)38(22-31)49-41(54)20-21-48-46(55)58-24-37-35-12-8-6-10-33(35)34-11-7-9-13-36(34)37/h6-19,22,37,40,42-45H,20-21,23-25H2,1-5H3,(H,48,55)(H,49,54)/t40-,42+,43+,44-,45-/m1/s1. The second-order valence-corrected chi connectivity index (χ2v) is 15.0. The SMILES string of the molecule is CC(=O)OC[C@H]1O[C@@H](Oc2ccc(COC(=O)Oc3ccc(C)cc3)cc2NC(=O)CCNC(=O)OCC2c3ccccc3-c3ccccc32)[C@H](OC(C)=O)[C@@H](OC(C)=O)[C@H]1OC(C)=O. The van der Waals surface area contributed by atoms with Gasteiger partial charge in [-0.2, -0.15) is 0 Å². The lowest BCUT2D eigenvalue weighted by molar-refractivity contribution is -0.288. The Kier molecular flexibility index (Phi) is 15.7. The van der Waals surface area contributed by atoms with Crippen LogP contribution in [0, 0.1) is 6.92 Å². The Hall–Kier alpha value is -7.47. The third-order valence-electron chi connectivity index (χ3n) is 10.1. The monoisotopic (exact) mass is 896 g/mol. The van der Waals surface area contributed by atoms with Gasteiger partial charge in [-0.3, -0.25) is 24.0 Å². The second kappa shape index (κ2) is 21.7. The minimum atomic E-state index is -1.65. The van der Waals surface area contributed by atoms with Gasteiger partial charge in [-0.25, -0.2) is 9.59 Å². The van der Waals surface area contributed by atoms with E-state index < -0.39 is 79.3 Å². The number of esters is 4. The van der Waals surface area contributed by atoms with Crippen molar-refractivity contribution in [2.45, 2.75) is 84.3 Å². The maximum absolute atomic E-state index is 13.5. The molecule has 4 aromatic carbocycles. The van der Waals surface area contributed by atoms with Gasteiger partial charge in [-0.15, -0.1) is 0 Å². The summed E-state index contributed by atoms with van der Waals surface area (Å²) in [6.07, 6.45) is -9.51. The van der Waals surface area contributed by atoms with Crippen LogP contribution < -0.4 is 20.1 Å². The summed E-state index contributed by atoms with van der Waals surface area (Å²) in [4.78, 5) is 87.8. The topological polar surface area (TPSA) is 227 Å². The van der Waals surface area contributed by atoms with Crippen LogP contribution in [0.2, 0.25) is 0 Å². The van der Waals surface area contributed by atoms with Crippen molar-refractivity contribution in [3.8, 4) is 22.6 Å². The zero-order chi connectivity index (χ0) is 46.6. The summed E-state index contributed by atoms with van der Waals surface area (Å²) in [5.41, 5.74) is 5.54. The fourth-order valence-corrected chi connectivity index (χ4v) is 7.29. The zero-order valence-corrected chi connectivity index (χ0v) is 36.2. The molecule has 1 aliphatic heterocycles. The molecule has 1 saturated heterocycles. The van der Waals surface area contributed by atoms with Crippen molar-refractivity contribution in [1.29, 1.82) is 0 Å². The molecule has 1 aliphatic carbocycles. The maximum Gasteiger partial charge on any atom is 0.514 e. The predicted molar refractivity (Wildman–Crippen MR) is 227 cm³/mol. The van der Waals surface area contributed by atoms with Crippen LogP contribution in [0.25, 0.3) is 11.1 Å². The molecular weight excluding hydrogens is 849 g/mol. The van der Waals surface area contributed by atoms with Crippen molar-refractivity contribution in [2.75, 3.05) is 25.1 Å². The highest BCUT2D eigenvalue weighted by Gasteiger charge is 2.53. The molecule has 0 radical (unpaired) electrons. The number of hydrogen-bond donors (Lipinski definition) is 2. The van der Waals surface area contributed by atoms with Gasteiger partial charge in [0.1, 0.15) is 37.4 Å². The lowest BCUT2D eigenvalue weighted by atomic mass is 9.98. The highest BCUT2D eigenvalue weighted by atomic mass is 16.7. The molecule has 0 unspecified atom stereocenters. The molecule has 2 amide bonds. The Bertz CT molecular complexity index is 2360. The van der Waals surface area contributed by atoms with E-state index in [2.05, 4.69) is 10.6 Å². The summed E-state index contributed by atoms with van der Waals surface area (Å²) in [7, 11) is 0. The largest absolute Gasteiger partial charge is 0.514 e. The third-order valence-corrected chi connectivity index (χ3v) is 10.1. The van der Waals surface area contributed by atoms with Gasteiger partial charge >= 0.3 is 36.1 Å². The van der Waals surface area contributed by atoms with Crippen molar-refractivity contribution in [1.82, 2.24) is 5.32 Å². The fourth-order valence-electron chi connectivity index (χ4n) is 7.29. The average Bonchev–Trinajstić information content (AvgIpc) is 3.58. The zero-order valence-electron chi connectivity index (χ0n) is 36.2. The molecule has 2 aliphatic rings. The molecule has 0 saturated carbocycles. The number of alkyl carbamates (subject to hydrolysis) is 1. The number of anilines is 1. The summed E-state index contributed by atoms with van der Waals surface area (Å²) >= 11 is 0. The Labute approximate surface area is 373 Å². The number of fused-ring (bicyclic) bond motifs is 3. The first-order valence-corrected chi connectivity index (χ1v) is 20.5. The van der Waals surface area contributed by atoms with Crippen LogP contribution in [0.15, 0.2) is 91.0 Å². The summed E-state index contributed by atoms with van der Waals surface area (Å²) in [6, 6.07) is 26.9. The number of amides is 2. The van der Waals surface area contributed by atoms with Crippen molar-refractivity contribution < 1.29 is 76.2 Å². The van der Waals surface area contributed by atoms with Gasteiger partial charge in [0.25, 0.3) is 0 Å². The van der Waals surface area contributed by atoms with Gasteiger partial charge < -0.3 is 53.3 Å². The summed E-state index contributed by atoms with van der Waals surface area (Å²) in [5, 5.41) is 5.31. The van der Waals surface area contributed by atoms with E-state index in [0.717, 1.165) is 55.5 Å². The highest BCUT2D eigenvalue weighted by molar-refractivity contribution is 5.92. The minimum Gasteiger partial charge on any atom is -0.463 e. The quantitative estimate of drug-likeness (QED) is 0.0742. The Morgan fingerprint density at radius 1 is 0.646 bits per heavy atom. The van der Waals surface area contributed by atoms with E-state index in [4.69, 9.17) is 42.6 Å². The Morgan fingerprint density at radius 2 is 1.26 bits per heavy atom. The molecule has 6 rings (SSSR count). The van der Waals surface area contributed by atoms with Crippen molar-refractivity contribution in [3.63, 3.8) is 0 Å². The van der Waals surface area contributed by atoms with Gasteiger partial charge in [-0.1, -0.05) is 72.3 Å². The number of ether oxygens (including phenoxy) is 9. The minimum absolute atomic E-state index is 0.00278. The molecule has 2 N–H and O–H groups in total. The molecule has 1 fully saturated rings. The summed E-state index contributed by atoms with van der Waals surface area (Å²) in [6.45, 7) is 5.37. The molecule has 342 valence electrons. The van der Waals surface area contributed by atoms with E-state index in [9.17, 15) is 33.6 Å². The highest BCUT2D eigenvalue weighted by Crippen LogP contribution is 2.44. The first kappa shape index (κ1) is 47.0. The van der Waals surface area contributed by atoms with E-state index in [0.29, 0.717) is 5.56 Å². The van der Waals surface area contributed by atoms with E-state index >= 15 is 0 Å². The van der Waals surface area contributed by atoms with Crippen LogP contribution in [-0.2, 0) is 63.7 Å². The van der Waals surface area contributed by atoms with Crippen LogP contribution in [0.1, 0.15) is 62.3 Å². The second-order valence-electron chi connectivity index (χ2n) is 15.0. The molecule has 5 atom stereocenters. The number of hydrogen-bond acceptors (Lipinski definition) is 16. The Morgan fingerprint density at radius 3 is 1.89 bits per heavy atom.